The Morgan fingerprint density at radius 2 is 2.04 bits per heavy atom. The van der Waals surface area contributed by atoms with Gasteiger partial charge in [0.2, 0.25) is 0 Å². The molecule has 2 bridgehead atoms. The number of aromatic nitrogens is 1. The summed E-state index contributed by atoms with van der Waals surface area (Å²) in [5, 5.41) is 2.70. The van der Waals surface area contributed by atoms with E-state index < -0.39 is 5.91 Å². The van der Waals surface area contributed by atoms with Crippen LogP contribution in [0.5, 0.6) is 5.75 Å². The van der Waals surface area contributed by atoms with Gasteiger partial charge in [-0.1, -0.05) is 18.2 Å². The number of benzene rings is 1. The topological polar surface area (TPSA) is 71.7 Å². The number of piperidine rings is 3. The van der Waals surface area contributed by atoms with Crippen LogP contribution in [0.2, 0.25) is 0 Å². The lowest BCUT2D eigenvalue weighted by Gasteiger charge is -2.51. The van der Waals surface area contributed by atoms with E-state index in [0.29, 0.717) is 29.6 Å². The van der Waals surface area contributed by atoms with Crippen molar-refractivity contribution in [3.63, 3.8) is 0 Å². The number of thiazole rings is 1. The predicted octanol–water partition coefficient (Wildman–Crippen LogP) is 2.32. The fourth-order valence-corrected chi connectivity index (χ4v) is 6.27. The van der Waals surface area contributed by atoms with Crippen LogP contribution in [0.3, 0.4) is 0 Å². The molecule has 0 saturated carbocycles. The molecule has 0 unspecified atom stereocenters. The molecule has 6 rings (SSSR count). The largest absolute Gasteiger partial charge is 0.496 e. The van der Waals surface area contributed by atoms with Gasteiger partial charge in [0.25, 0.3) is 5.91 Å². The molecule has 5 heterocycles. The van der Waals surface area contributed by atoms with E-state index in [1.165, 1.54) is 42.8 Å². The van der Waals surface area contributed by atoms with Gasteiger partial charge in [0, 0.05) is 29.4 Å². The van der Waals surface area contributed by atoms with Gasteiger partial charge in [-0.15, -0.1) is 11.3 Å². The van der Waals surface area contributed by atoms with Gasteiger partial charge in [-0.2, -0.15) is 0 Å². The number of carbonyl (C=O) groups excluding carboxylic acids is 1. The molecule has 1 aromatic heterocycles. The zero-order chi connectivity index (χ0) is 18.5. The molecule has 0 radical (unpaired) electrons. The number of ether oxygens (including phenoxy) is 1. The van der Waals surface area contributed by atoms with E-state index in [1.54, 1.807) is 12.5 Å². The molecule has 1 amide bonds. The van der Waals surface area contributed by atoms with Gasteiger partial charge in [0.15, 0.2) is 5.13 Å². The van der Waals surface area contributed by atoms with Crippen molar-refractivity contribution in [3.05, 3.63) is 40.9 Å². The van der Waals surface area contributed by atoms with E-state index in [4.69, 9.17) is 10.5 Å². The Balaban J connectivity index is 1.56. The molecular weight excluding hydrogens is 360 g/mol. The fraction of sp³-hybridized carbons (Fsp3) is 0.500. The zero-order valence-electron chi connectivity index (χ0n) is 15.4. The Labute approximate surface area is 162 Å². The van der Waals surface area contributed by atoms with Gasteiger partial charge < -0.3 is 15.4 Å². The number of rotatable bonds is 4. The second-order valence-corrected chi connectivity index (χ2v) is 8.57. The minimum atomic E-state index is -0.455. The van der Waals surface area contributed by atoms with E-state index in [9.17, 15) is 4.79 Å². The van der Waals surface area contributed by atoms with Crippen LogP contribution in [0, 0.1) is 5.92 Å². The molecule has 1 aromatic carbocycles. The molecule has 4 saturated heterocycles. The molecule has 3 atom stereocenters. The van der Waals surface area contributed by atoms with Crippen molar-refractivity contribution in [2.45, 2.75) is 30.8 Å². The van der Waals surface area contributed by atoms with Crippen LogP contribution in [-0.4, -0.2) is 54.6 Å². The van der Waals surface area contributed by atoms with Crippen LogP contribution in [0.15, 0.2) is 29.6 Å². The number of nitrogens with zero attached hydrogens (tertiary/aromatic N) is 3. The molecule has 0 spiro atoms. The number of fused-ring (bicyclic) bond motifs is 2. The van der Waals surface area contributed by atoms with Crippen molar-refractivity contribution in [2.24, 2.45) is 11.7 Å². The Morgan fingerprint density at radius 1 is 1.26 bits per heavy atom. The first-order valence-corrected chi connectivity index (χ1v) is 10.4. The zero-order valence-corrected chi connectivity index (χ0v) is 16.2. The van der Waals surface area contributed by atoms with E-state index in [1.807, 2.05) is 6.07 Å². The summed E-state index contributed by atoms with van der Waals surface area (Å²) in [5.41, 5.74) is 7.08. The minimum absolute atomic E-state index is 0.369. The second kappa shape index (κ2) is 6.49. The van der Waals surface area contributed by atoms with Crippen molar-refractivity contribution in [3.8, 4) is 5.75 Å². The number of carbonyl (C=O) groups is 1. The van der Waals surface area contributed by atoms with Gasteiger partial charge in [-0.25, -0.2) is 4.98 Å². The minimum Gasteiger partial charge on any atom is -0.496 e. The predicted molar refractivity (Wildman–Crippen MR) is 106 cm³/mol. The highest BCUT2D eigenvalue weighted by atomic mass is 32.1. The van der Waals surface area contributed by atoms with Crippen LogP contribution < -0.4 is 15.4 Å². The van der Waals surface area contributed by atoms with E-state index in [2.05, 4.69) is 33.0 Å². The van der Waals surface area contributed by atoms with Crippen LogP contribution in [-0.2, 0) is 0 Å². The SMILES string of the molecule is COc1ccccc1[C@H]1CN(c2nc(C(N)=O)cs2)[C@@H]2C3CCN(CC3)[C@H]12. The number of amides is 1. The third-order valence-electron chi connectivity index (χ3n) is 6.52. The second-order valence-electron chi connectivity index (χ2n) is 7.73. The molecule has 0 aliphatic carbocycles. The Kier molecular flexibility index (Phi) is 4.09. The van der Waals surface area contributed by atoms with Gasteiger partial charge in [-0.05, 0) is 37.9 Å². The maximum absolute atomic E-state index is 11.5. The summed E-state index contributed by atoms with van der Waals surface area (Å²) in [6.07, 6.45) is 2.48. The van der Waals surface area contributed by atoms with E-state index in [0.717, 1.165) is 17.4 Å². The fourth-order valence-electron chi connectivity index (χ4n) is 5.40. The number of anilines is 1. The summed E-state index contributed by atoms with van der Waals surface area (Å²) in [6.45, 7) is 3.25. The van der Waals surface area contributed by atoms with Gasteiger partial charge in [0.1, 0.15) is 11.4 Å². The first-order chi connectivity index (χ1) is 13.2. The number of nitrogens with two attached hydrogens (primary N) is 1. The summed E-state index contributed by atoms with van der Waals surface area (Å²) in [4.78, 5) is 21.2. The van der Waals surface area contributed by atoms with Gasteiger partial charge in [0.05, 0.1) is 13.2 Å². The van der Waals surface area contributed by atoms with Gasteiger partial charge >= 0.3 is 0 Å². The number of hydrogen-bond donors (Lipinski definition) is 1. The van der Waals surface area contributed by atoms with Crippen molar-refractivity contribution in [1.29, 1.82) is 0 Å². The Hall–Kier alpha value is -2.12. The summed E-state index contributed by atoms with van der Waals surface area (Å²) >= 11 is 1.53. The Morgan fingerprint density at radius 3 is 2.74 bits per heavy atom. The molecule has 2 N–H and O–H groups in total. The van der Waals surface area contributed by atoms with Crippen molar-refractivity contribution in [2.75, 3.05) is 31.6 Å². The molecule has 4 aliphatic heterocycles. The van der Waals surface area contributed by atoms with Gasteiger partial charge in [-0.3, -0.25) is 9.69 Å². The maximum atomic E-state index is 11.5. The molecule has 4 aliphatic rings. The average Bonchev–Trinajstić information content (AvgIpc) is 3.35. The van der Waals surface area contributed by atoms with Crippen LogP contribution in [0.1, 0.15) is 34.8 Å². The molecule has 7 heteroatoms. The highest BCUT2D eigenvalue weighted by molar-refractivity contribution is 7.14. The summed E-state index contributed by atoms with van der Waals surface area (Å²) in [6, 6.07) is 9.28. The molecule has 2 aromatic rings. The number of methoxy groups -OCH3 is 1. The van der Waals surface area contributed by atoms with Crippen molar-refractivity contribution < 1.29 is 9.53 Å². The standard InChI is InChI=1S/C20H24N4O2S/c1-26-16-5-3-2-4-13(16)14-10-24(20-22-15(11-27-20)19(21)25)17-12-6-8-23(9-7-12)18(14)17/h2-5,11-12,14,17-18H,6-10H2,1H3,(H2,21,25)/t14-,17-,18-/m1/s1. The average molecular weight is 385 g/mol. The van der Waals surface area contributed by atoms with Crippen molar-refractivity contribution in [1.82, 2.24) is 9.88 Å². The third-order valence-corrected chi connectivity index (χ3v) is 7.40. The lowest BCUT2D eigenvalue weighted by atomic mass is 9.75. The number of primary amides is 1. The molecule has 142 valence electrons. The van der Waals surface area contributed by atoms with E-state index in [-0.39, 0.29) is 0 Å². The molecular formula is C20H24N4O2S. The number of para-hydroxylation sites is 1. The van der Waals surface area contributed by atoms with E-state index >= 15 is 0 Å². The first-order valence-electron chi connectivity index (χ1n) is 9.56. The quantitative estimate of drug-likeness (QED) is 0.876. The van der Waals surface area contributed by atoms with Crippen LogP contribution >= 0.6 is 11.3 Å². The third kappa shape index (κ3) is 2.63. The lowest BCUT2D eigenvalue weighted by molar-refractivity contribution is 0.0353. The van der Waals surface area contributed by atoms with Crippen LogP contribution in [0.4, 0.5) is 5.13 Å². The first kappa shape index (κ1) is 17.0. The summed E-state index contributed by atoms with van der Waals surface area (Å²) in [7, 11) is 1.75. The normalized spacial score (nSPS) is 31.7. The highest BCUT2D eigenvalue weighted by Gasteiger charge is 2.54. The monoisotopic (exact) mass is 384 g/mol. The number of hydrogen-bond acceptors (Lipinski definition) is 6. The smallest absolute Gasteiger partial charge is 0.268 e. The molecule has 27 heavy (non-hydrogen) atoms. The summed E-state index contributed by atoms with van der Waals surface area (Å²) in [5.74, 6) is 1.56. The Bertz CT molecular complexity index is 861. The summed E-state index contributed by atoms with van der Waals surface area (Å²) < 4.78 is 5.68. The van der Waals surface area contributed by atoms with Crippen LogP contribution in [0.25, 0.3) is 0 Å². The molecule has 6 nitrogen and oxygen atoms in total. The van der Waals surface area contributed by atoms with Crippen molar-refractivity contribution >= 4 is 22.4 Å². The molecule has 4 fully saturated rings. The highest BCUT2D eigenvalue weighted by Crippen LogP contribution is 2.49. The maximum Gasteiger partial charge on any atom is 0.268 e. The lowest BCUT2D eigenvalue weighted by Crippen LogP contribution is -2.60.